The van der Waals surface area contributed by atoms with Crippen LogP contribution in [0.2, 0.25) is 0 Å². The second kappa shape index (κ2) is 5.93. The summed E-state index contributed by atoms with van der Waals surface area (Å²) < 4.78 is 11.6. The van der Waals surface area contributed by atoms with Gasteiger partial charge in [-0.1, -0.05) is 12.1 Å². The van der Waals surface area contributed by atoms with Crippen LogP contribution in [0.1, 0.15) is 42.9 Å². The Balaban J connectivity index is 1.60. The zero-order valence-electron chi connectivity index (χ0n) is 11.7. The molecule has 1 aromatic rings. The number of hydrogen-bond acceptors (Lipinski definition) is 3. The summed E-state index contributed by atoms with van der Waals surface area (Å²) in [6, 6.07) is 6.93. The molecule has 19 heavy (non-hydrogen) atoms. The number of benzene rings is 1. The van der Waals surface area contributed by atoms with Gasteiger partial charge in [-0.15, -0.1) is 0 Å². The minimum Gasteiger partial charge on any atom is -0.493 e. The average molecular weight is 261 g/mol. The molecule has 3 heteroatoms. The quantitative estimate of drug-likeness (QED) is 0.884. The molecule has 2 unspecified atom stereocenters. The van der Waals surface area contributed by atoms with E-state index in [9.17, 15) is 0 Å². The lowest BCUT2D eigenvalue weighted by atomic mass is 10.1. The fraction of sp³-hybridized carbons (Fsp3) is 0.625. The van der Waals surface area contributed by atoms with Crippen LogP contribution in [0.25, 0.3) is 0 Å². The monoisotopic (exact) mass is 261 g/mol. The van der Waals surface area contributed by atoms with E-state index < -0.39 is 0 Å². The number of fused-ring (bicyclic) bond motifs is 1. The maximum absolute atomic E-state index is 6.00. The Bertz CT molecular complexity index is 427. The van der Waals surface area contributed by atoms with Crippen molar-refractivity contribution in [3.63, 3.8) is 0 Å². The zero-order valence-corrected chi connectivity index (χ0v) is 11.7. The molecule has 1 aliphatic heterocycles. The molecular formula is C16H23NO2. The van der Waals surface area contributed by atoms with E-state index in [2.05, 4.69) is 23.5 Å². The molecule has 0 amide bonds. The Hall–Kier alpha value is -1.06. The maximum atomic E-state index is 6.00. The van der Waals surface area contributed by atoms with Crippen molar-refractivity contribution in [2.24, 2.45) is 0 Å². The van der Waals surface area contributed by atoms with Gasteiger partial charge in [0.1, 0.15) is 5.75 Å². The summed E-state index contributed by atoms with van der Waals surface area (Å²) in [6.07, 6.45) is 6.13. The van der Waals surface area contributed by atoms with Crippen LogP contribution in [-0.4, -0.2) is 26.4 Å². The number of hydrogen-bond donors (Lipinski definition) is 1. The first-order chi connectivity index (χ1) is 9.38. The van der Waals surface area contributed by atoms with Gasteiger partial charge in [0.05, 0.1) is 12.7 Å². The van der Waals surface area contributed by atoms with E-state index in [1.807, 2.05) is 7.05 Å². The second-order valence-electron chi connectivity index (χ2n) is 5.48. The smallest absolute Gasteiger partial charge is 0.122 e. The van der Waals surface area contributed by atoms with Gasteiger partial charge >= 0.3 is 0 Å². The van der Waals surface area contributed by atoms with E-state index in [1.165, 1.54) is 30.4 Å². The molecule has 1 aromatic carbocycles. The van der Waals surface area contributed by atoms with Crippen molar-refractivity contribution < 1.29 is 9.47 Å². The average Bonchev–Trinajstić information content (AvgIpc) is 3.07. The third-order valence-corrected chi connectivity index (χ3v) is 4.30. The van der Waals surface area contributed by atoms with Crippen molar-refractivity contribution in [3.8, 4) is 5.75 Å². The van der Waals surface area contributed by atoms with Crippen LogP contribution in [0.3, 0.4) is 0 Å². The first-order valence-corrected chi connectivity index (χ1v) is 7.42. The molecule has 1 N–H and O–H groups in total. The zero-order chi connectivity index (χ0) is 13.1. The molecule has 0 spiro atoms. The van der Waals surface area contributed by atoms with Crippen LogP contribution < -0.4 is 10.1 Å². The molecule has 1 saturated heterocycles. The van der Waals surface area contributed by atoms with Crippen molar-refractivity contribution in [3.05, 3.63) is 29.3 Å². The van der Waals surface area contributed by atoms with Gasteiger partial charge in [0.15, 0.2) is 0 Å². The lowest BCUT2D eigenvalue weighted by molar-refractivity contribution is 0.0902. The topological polar surface area (TPSA) is 30.5 Å². The molecule has 3 rings (SSSR count). The summed E-state index contributed by atoms with van der Waals surface area (Å²) >= 11 is 0. The summed E-state index contributed by atoms with van der Waals surface area (Å²) in [5.74, 6) is 1.08. The Labute approximate surface area is 115 Å². The molecule has 0 saturated carbocycles. The molecule has 0 radical (unpaired) electrons. The molecule has 3 nitrogen and oxygen atoms in total. The van der Waals surface area contributed by atoms with Gasteiger partial charge in [-0.05, 0) is 49.9 Å². The van der Waals surface area contributed by atoms with Crippen LogP contribution >= 0.6 is 0 Å². The summed E-state index contributed by atoms with van der Waals surface area (Å²) in [5.41, 5.74) is 2.81. The largest absolute Gasteiger partial charge is 0.493 e. The molecule has 0 aromatic heterocycles. The van der Waals surface area contributed by atoms with Gasteiger partial charge < -0.3 is 14.8 Å². The summed E-state index contributed by atoms with van der Waals surface area (Å²) in [6.45, 7) is 1.70. The molecular weight excluding hydrogens is 238 g/mol. The predicted octanol–water partition coefficient (Wildman–Crippen LogP) is 2.84. The van der Waals surface area contributed by atoms with E-state index in [0.29, 0.717) is 12.1 Å². The highest BCUT2D eigenvalue weighted by atomic mass is 16.5. The van der Waals surface area contributed by atoms with Crippen molar-refractivity contribution in [1.82, 2.24) is 5.32 Å². The highest BCUT2D eigenvalue weighted by Crippen LogP contribution is 2.36. The van der Waals surface area contributed by atoms with Gasteiger partial charge in [0.25, 0.3) is 0 Å². The van der Waals surface area contributed by atoms with E-state index in [1.54, 1.807) is 0 Å². The van der Waals surface area contributed by atoms with Crippen molar-refractivity contribution in [2.45, 2.75) is 44.2 Å². The number of nitrogens with one attached hydrogen (secondary N) is 1. The fourth-order valence-electron chi connectivity index (χ4n) is 3.23. The molecule has 1 heterocycles. The highest BCUT2D eigenvalue weighted by Gasteiger charge is 2.24. The van der Waals surface area contributed by atoms with Crippen molar-refractivity contribution in [1.29, 1.82) is 0 Å². The number of ether oxygens (including phenoxy) is 2. The van der Waals surface area contributed by atoms with Crippen molar-refractivity contribution >= 4 is 0 Å². The Kier molecular flexibility index (Phi) is 4.04. The fourth-order valence-corrected chi connectivity index (χ4v) is 3.23. The Morgan fingerprint density at radius 3 is 3.11 bits per heavy atom. The van der Waals surface area contributed by atoms with Crippen LogP contribution in [0.5, 0.6) is 5.75 Å². The second-order valence-corrected chi connectivity index (χ2v) is 5.48. The van der Waals surface area contributed by atoms with E-state index in [0.717, 1.165) is 31.8 Å². The third kappa shape index (κ3) is 2.77. The lowest BCUT2D eigenvalue weighted by Gasteiger charge is -2.14. The molecule has 2 aliphatic rings. The minimum atomic E-state index is 0.418. The molecule has 0 bridgehead atoms. The van der Waals surface area contributed by atoms with Gasteiger partial charge in [0, 0.05) is 19.1 Å². The van der Waals surface area contributed by atoms with Crippen LogP contribution in [0.15, 0.2) is 18.2 Å². The SMILES string of the molecule is CNC1CCc2c(OCCC3CCCO3)cccc21. The lowest BCUT2D eigenvalue weighted by Crippen LogP contribution is -2.13. The number of rotatable bonds is 5. The van der Waals surface area contributed by atoms with Gasteiger partial charge in [0.2, 0.25) is 0 Å². The Morgan fingerprint density at radius 2 is 2.32 bits per heavy atom. The molecule has 104 valence electrons. The summed E-state index contributed by atoms with van der Waals surface area (Å²) in [5, 5.41) is 3.37. The third-order valence-electron chi connectivity index (χ3n) is 4.30. The highest BCUT2D eigenvalue weighted by molar-refractivity contribution is 5.45. The van der Waals surface area contributed by atoms with Gasteiger partial charge in [-0.3, -0.25) is 0 Å². The summed E-state index contributed by atoms with van der Waals surface area (Å²) in [7, 11) is 2.03. The van der Waals surface area contributed by atoms with Gasteiger partial charge in [-0.2, -0.15) is 0 Å². The normalized spacial score (nSPS) is 25.5. The molecule has 1 aliphatic carbocycles. The van der Waals surface area contributed by atoms with E-state index in [-0.39, 0.29) is 0 Å². The predicted molar refractivity (Wildman–Crippen MR) is 75.6 cm³/mol. The van der Waals surface area contributed by atoms with Crippen molar-refractivity contribution in [2.75, 3.05) is 20.3 Å². The van der Waals surface area contributed by atoms with E-state index >= 15 is 0 Å². The molecule has 1 fully saturated rings. The Morgan fingerprint density at radius 1 is 1.37 bits per heavy atom. The van der Waals surface area contributed by atoms with E-state index in [4.69, 9.17) is 9.47 Å². The first kappa shape index (κ1) is 12.9. The standard InChI is InChI=1S/C16H23NO2/c1-17-15-8-7-14-13(15)5-2-6-16(14)19-11-9-12-4-3-10-18-12/h2,5-6,12,15,17H,3-4,7-11H2,1H3. The van der Waals surface area contributed by atoms with Crippen LogP contribution in [-0.2, 0) is 11.2 Å². The molecule has 2 atom stereocenters. The van der Waals surface area contributed by atoms with Gasteiger partial charge in [-0.25, -0.2) is 0 Å². The first-order valence-electron chi connectivity index (χ1n) is 7.42. The van der Waals surface area contributed by atoms with Crippen LogP contribution in [0, 0.1) is 0 Å². The summed E-state index contributed by atoms with van der Waals surface area (Å²) in [4.78, 5) is 0. The van der Waals surface area contributed by atoms with Crippen LogP contribution in [0.4, 0.5) is 0 Å². The minimum absolute atomic E-state index is 0.418. The maximum Gasteiger partial charge on any atom is 0.122 e.